The lowest BCUT2D eigenvalue weighted by Gasteiger charge is -2.13. The Morgan fingerprint density at radius 1 is 0.293 bits per heavy atom. The third-order valence-electron chi connectivity index (χ3n) is 20.7. The Balaban J connectivity index is 0.000000348. The van der Waals surface area contributed by atoms with Gasteiger partial charge in [-0.15, -0.1) is 23.2 Å². The number of hydrogen-bond donors (Lipinski definition) is 18. The maximum atomic E-state index is 12.6. The Kier molecular flexibility index (Phi) is 64.3. The largest absolute Gasteiger partial charge is 0.643 e. The molecule has 0 radical (unpaired) electrons. The number of amides is 4. The predicted octanol–water partition coefficient (Wildman–Crippen LogP) is 16.1. The molecule has 40 heteroatoms. The molecule has 0 aliphatic heterocycles. The standard InChI is InChI=1S/C23H29N5O2.C23H28N4O3.C20H24N4O.C12H17NO2.C10H15N.C8H9N3.2C2H3ClO2.2Al.6ClH/c24-10-2-1-3-18-7-4-16(6-9-22(25)29)11-19(18)13-23(30)26-14-17-5-8-20-21(12-17)28-15-27-20;24-10-2-1-3-18-7-4-16(6-9-23(29)30)11-19(18)13-22(28)25-14-17-5-8-20-21(12-17)27-15-26-20;21-10-4-3-6-16-5-1-2-7-17(16)12-20(25)22-13-15-8-9-18-19(11-15)24-14-23-18;13-8-4-3-6-10-5-1-2-7-11(10)9-12(14)15;11-9-5-4-8-10-6-2-1-3-7-10;9-4-6-1-2-7-8(3-6)11-5-10-7;2*3-1-2(4)5;;;;;;;;/h4-5,7-8,11-12,15H,1-3,6,9-10,13-14,24H2,(H2,25,29)(H,26,30)(H,27,28);4-5,7-8,11-12,15H,1-3,6,9-10,13-14,24H2,(H,25,28)(H,26,27)(H,29,30);1-2,5,7-9,11,14H,3-4,6,10,12-13,21H2,(H,22,25)(H,23,24);1-2,5,7H,3-4,6,8-9,13H2,(H,14,15);1-3,6-7H,4-5,8-9,11H2;1-3,5H,4,9H2,(H,10,11);2*1H2,(H,4,5);;;6*1H/q;;;;;;;;2*+3;;;;;;/p-6. The third kappa shape index (κ3) is 54.7. The zero-order chi connectivity index (χ0) is 103. The van der Waals surface area contributed by atoms with Crippen LogP contribution >= 0.6 is 83.5 Å². The number of fused-ring (bicyclic) bond motifs is 4. The number of hydrogen-bond acceptors (Lipinski definition) is 18. The number of primary amides is 1. The average Bonchev–Trinajstić information content (AvgIpc) is 1.60. The van der Waals surface area contributed by atoms with Gasteiger partial charge < -0.3 is 96.4 Å². The maximum Gasteiger partial charge on any atom is 0.643 e. The van der Waals surface area contributed by atoms with E-state index in [0.717, 1.165) is 213 Å². The highest BCUT2D eigenvalue weighted by Crippen LogP contribution is 2.23. The van der Waals surface area contributed by atoms with E-state index in [1.54, 1.807) is 25.3 Å². The van der Waals surface area contributed by atoms with Gasteiger partial charge in [0, 0.05) is 39.0 Å². The van der Waals surface area contributed by atoms with E-state index >= 15 is 0 Å². The summed E-state index contributed by atoms with van der Waals surface area (Å²) < 4.78 is 0. The van der Waals surface area contributed by atoms with Crippen LogP contribution in [0.2, 0.25) is 0 Å². The predicted molar refractivity (Wildman–Crippen MR) is 569 cm³/mol. The van der Waals surface area contributed by atoms with Crippen LogP contribution in [0.1, 0.15) is 161 Å². The van der Waals surface area contributed by atoms with Crippen molar-refractivity contribution in [3.8, 4) is 0 Å². The molecule has 0 spiro atoms. The molecule has 4 amide bonds. The van der Waals surface area contributed by atoms with Gasteiger partial charge in [-0.3, -0.25) is 38.4 Å². The number of aromatic nitrogens is 8. The van der Waals surface area contributed by atoms with Crippen LogP contribution < -0.4 is 56.1 Å². The number of aromatic amines is 4. The van der Waals surface area contributed by atoms with Gasteiger partial charge in [-0.2, -0.15) is 0 Å². The maximum absolute atomic E-state index is 12.6. The summed E-state index contributed by atoms with van der Waals surface area (Å²) in [6.07, 6.45) is 24.2. The first-order chi connectivity index (χ1) is 67.4. The minimum absolute atomic E-state index is 0.0353. The minimum atomic E-state index is -1.72. The quantitative estimate of drug-likeness (QED) is 0.00958. The van der Waals surface area contributed by atoms with Crippen molar-refractivity contribution in [1.82, 2.24) is 55.8 Å². The lowest BCUT2D eigenvalue weighted by Crippen LogP contribution is -2.25. The lowest BCUT2D eigenvalue weighted by molar-refractivity contribution is -0.137. The molecule has 4 heterocycles. The summed E-state index contributed by atoms with van der Waals surface area (Å²) in [5.74, 6) is -4.55. The van der Waals surface area contributed by atoms with E-state index in [-0.39, 0.29) is 54.7 Å². The fraction of sp³-hybridized carbons (Fsp3) is 0.340. The molecule has 0 atom stereocenters. The number of alkyl halides is 2. The van der Waals surface area contributed by atoms with Crippen molar-refractivity contribution >= 4 is 198 Å². The summed E-state index contributed by atoms with van der Waals surface area (Å²) in [4.78, 5) is 118. The highest BCUT2D eigenvalue weighted by molar-refractivity contribution is 7.54. The van der Waals surface area contributed by atoms with Gasteiger partial charge in [0.2, 0.25) is 23.6 Å². The molecule has 0 bridgehead atoms. The monoisotopic (exact) mass is 2110 g/mol. The van der Waals surface area contributed by atoms with Crippen molar-refractivity contribution < 1.29 is 58.8 Å². The molecule has 13 rings (SSSR count). The number of carbonyl (C=O) groups excluding carboxylic acids is 4. The molecule has 0 saturated carbocycles. The molecule has 752 valence electrons. The van der Waals surface area contributed by atoms with Crippen LogP contribution in [0, 0.1) is 0 Å². The van der Waals surface area contributed by atoms with E-state index in [1.807, 2.05) is 152 Å². The number of nitrogens with two attached hydrogens (primary N) is 7. The number of carboxylic acids is 4. The van der Waals surface area contributed by atoms with Crippen LogP contribution in [-0.2, 0) is 135 Å². The van der Waals surface area contributed by atoms with Crippen LogP contribution in [0.5, 0.6) is 0 Å². The second kappa shape index (κ2) is 73.8. The number of aliphatic carboxylic acids is 4. The summed E-state index contributed by atoms with van der Waals surface area (Å²) >= 11 is 6.03. The summed E-state index contributed by atoms with van der Waals surface area (Å²) in [7, 11) is 29.7. The molecule has 0 unspecified atom stereocenters. The van der Waals surface area contributed by atoms with Crippen LogP contribution in [0.15, 0.2) is 213 Å². The molecule has 25 N–H and O–H groups in total. The lowest BCUT2D eigenvalue weighted by atomic mass is 9.95. The summed E-state index contributed by atoms with van der Waals surface area (Å²) in [6.45, 7) is 5.52. The molecule has 0 aliphatic rings. The zero-order valence-corrected chi connectivity index (χ0v) is 86.7. The van der Waals surface area contributed by atoms with Crippen LogP contribution in [-0.4, -0.2) is 175 Å². The molecule has 140 heavy (non-hydrogen) atoms. The number of nitrogens with one attached hydrogen (secondary N) is 7. The molecule has 9 aromatic carbocycles. The van der Waals surface area contributed by atoms with Crippen molar-refractivity contribution in [3.63, 3.8) is 0 Å². The number of benzene rings is 9. The first-order valence-corrected chi connectivity index (χ1v) is 57.2. The second-order valence-corrected chi connectivity index (χ2v) is 44.9. The van der Waals surface area contributed by atoms with Crippen LogP contribution in [0.25, 0.3) is 44.1 Å². The van der Waals surface area contributed by atoms with Gasteiger partial charge in [0.25, 0.3) is 0 Å². The first kappa shape index (κ1) is 122. The highest BCUT2D eigenvalue weighted by atomic mass is 35.8. The van der Waals surface area contributed by atoms with Gasteiger partial charge in [0.1, 0.15) is 11.8 Å². The van der Waals surface area contributed by atoms with Gasteiger partial charge in [0.05, 0.1) is 95.1 Å². The van der Waals surface area contributed by atoms with Crippen molar-refractivity contribution in [3.05, 3.63) is 297 Å². The smallest absolute Gasteiger partial charge is 0.481 e. The Hall–Kier alpha value is -10.2. The number of aryl methyl sites for hydroxylation is 7. The molecular weight excluding hydrogens is 1980 g/mol. The SMILES string of the molecule is NCCCCc1ccc(CCC(=O)O)cc1CC(=O)NCc1ccc2nc[nH]c2c1.NCCCCc1ccc(CCC(N)=O)cc1CC(=O)NCc1ccc2nc[nH]c2c1.NCCCCc1ccccc1.NCCCCc1ccccc1CC(=O)NCc1ccc2nc[nH]c2c1.NCCCCc1ccccc1CC(=O)O.NCc1ccc2nc[nH]c2c1.O=C(O)CCl.O=C(O)CCl.[Cl][Al]([Cl])[Cl].[Cl][Al]([Cl])[Cl]. The Labute approximate surface area is 860 Å². The molecule has 0 fully saturated rings. The zero-order valence-electron chi connectivity index (χ0n) is 78.3. The topological polar surface area (TPSA) is 550 Å². The van der Waals surface area contributed by atoms with Gasteiger partial charge in [-0.25, -0.2) is 80.2 Å². The molecule has 13 aromatic rings. The Morgan fingerprint density at radius 2 is 0.571 bits per heavy atom. The number of nitrogens with zero attached hydrogens (tertiary/aromatic N) is 4. The fourth-order valence-corrected chi connectivity index (χ4v) is 13.8. The summed E-state index contributed by atoms with van der Waals surface area (Å²) in [6, 6.07) is 62.1. The number of rotatable bonds is 43. The minimum Gasteiger partial charge on any atom is -0.481 e. The van der Waals surface area contributed by atoms with E-state index in [4.69, 9.17) is 144 Å². The number of H-pyrrole nitrogens is 4. The van der Waals surface area contributed by atoms with Crippen molar-refractivity contribution in [2.45, 2.75) is 174 Å². The molecular formula is C100H128Al2Cl8N18O12. The van der Waals surface area contributed by atoms with Crippen molar-refractivity contribution in [1.29, 1.82) is 0 Å². The van der Waals surface area contributed by atoms with Crippen molar-refractivity contribution in [2.75, 3.05) is 44.5 Å². The van der Waals surface area contributed by atoms with Crippen LogP contribution in [0.4, 0.5) is 0 Å². The number of unbranched alkanes of at least 4 members (excludes halogenated alkanes) is 5. The Bertz CT molecular complexity index is 5600. The number of carbonyl (C=O) groups is 8. The van der Waals surface area contributed by atoms with E-state index in [0.29, 0.717) is 84.5 Å². The number of halogens is 8. The second-order valence-electron chi connectivity index (χ2n) is 31.5. The number of carboxylic acid groups (broad SMARTS) is 4. The normalized spacial score (nSPS) is 10.3. The number of imidazole rings is 4. The van der Waals surface area contributed by atoms with Gasteiger partial charge in [-0.05, 0) is 274 Å². The fourth-order valence-electron chi connectivity index (χ4n) is 13.8. The third-order valence-corrected chi connectivity index (χ3v) is 21.2. The van der Waals surface area contributed by atoms with E-state index in [1.165, 1.54) is 17.5 Å². The van der Waals surface area contributed by atoms with E-state index in [2.05, 4.69) is 92.2 Å². The van der Waals surface area contributed by atoms with E-state index in [9.17, 15) is 38.4 Å². The molecule has 30 nitrogen and oxygen atoms in total. The van der Waals surface area contributed by atoms with Crippen LogP contribution in [0.3, 0.4) is 0 Å². The highest BCUT2D eigenvalue weighted by Gasteiger charge is 2.16. The van der Waals surface area contributed by atoms with Gasteiger partial charge in [0.15, 0.2) is 0 Å². The first-order valence-electron chi connectivity index (χ1n) is 45.6. The molecule has 4 aromatic heterocycles. The van der Waals surface area contributed by atoms with Gasteiger partial charge >= 0.3 is 46.6 Å². The Morgan fingerprint density at radius 3 is 0.879 bits per heavy atom. The molecule has 0 saturated heterocycles. The summed E-state index contributed by atoms with van der Waals surface area (Å²) in [5.41, 5.74) is 62.2. The van der Waals surface area contributed by atoms with Crippen molar-refractivity contribution in [2.24, 2.45) is 40.1 Å². The average molecular weight is 2110 g/mol. The van der Waals surface area contributed by atoms with Gasteiger partial charge in [-0.1, -0.05) is 140 Å². The molecule has 0 aliphatic carbocycles. The van der Waals surface area contributed by atoms with E-state index < -0.39 is 46.6 Å². The summed E-state index contributed by atoms with van der Waals surface area (Å²) in [5, 5.41) is 41.8.